The number of nitrogens with zero attached hydrogens (tertiary/aromatic N) is 1. The van der Waals surface area contributed by atoms with Gasteiger partial charge in [0, 0.05) is 13.7 Å². The fourth-order valence-corrected chi connectivity index (χ4v) is 1.25. The molecule has 0 radical (unpaired) electrons. The van der Waals surface area contributed by atoms with E-state index in [4.69, 9.17) is 9.84 Å². The van der Waals surface area contributed by atoms with E-state index in [9.17, 15) is 4.79 Å². The van der Waals surface area contributed by atoms with Gasteiger partial charge in [-0.25, -0.2) is 4.79 Å². The minimum absolute atomic E-state index is 0.0227. The molecule has 1 heterocycles. The third-order valence-corrected chi connectivity index (χ3v) is 2.50. The molecule has 2 amide bonds. The lowest BCUT2D eigenvalue weighted by molar-refractivity contribution is 0.151. The first-order valence-corrected chi connectivity index (χ1v) is 4.87. The highest BCUT2D eigenvalue weighted by molar-refractivity contribution is 5.74. The highest BCUT2D eigenvalue weighted by Crippen LogP contribution is 2.04. The van der Waals surface area contributed by atoms with Crippen LogP contribution in [0.25, 0.3) is 0 Å². The van der Waals surface area contributed by atoms with E-state index < -0.39 is 0 Å². The maximum atomic E-state index is 11.5. The van der Waals surface area contributed by atoms with Crippen molar-refractivity contribution in [3.8, 4) is 0 Å². The Labute approximate surface area is 84.0 Å². The Morgan fingerprint density at radius 3 is 3.00 bits per heavy atom. The largest absolute Gasteiger partial charge is 0.394 e. The molecule has 0 aromatic heterocycles. The van der Waals surface area contributed by atoms with E-state index >= 15 is 0 Å². The number of carbonyl (C=O) groups excluding carboxylic acids is 1. The number of urea groups is 1. The number of aliphatic hydroxyl groups excluding tert-OH is 1. The van der Waals surface area contributed by atoms with E-state index in [0.717, 1.165) is 6.42 Å². The Hall–Kier alpha value is -0.810. The number of hydrogen-bond acceptors (Lipinski definition) is 3. The predicted molar refractivity (Wildman–Crippen MR) is 52.1 cm³/mol. The molecule has 1 rings (SSSR count). The van der Waals surface area contributed by atoms with Crippen molar-refractivity contribution in [3.63, 3.8) is 0 Å². The normalized spacial score (nSPS) is 23.2. The molecule has 1 fully saturated rings. The summed E-state index contributed by atoms with van der Waals surface area (Å²) in [5.41, 5.74) is 0. The SMILES string of the molecule is CC(CO)N(C)C(=O)NC1CCOC1. The molecule has 82 valence electrons. The van der Waals surface area contributed by atoms with E-state index in [1.54, 1.807) is 14.0 Å². The molecule has 0 saturated carbocycles. The Morgan fingerprint density at radius 1 is 1.79 bits per heavy atom. The molecular formula is C9H18N2O3. The van der Waals surface area contributed by atoms with Crippen molar-refractivity contribution in [1.29, 1.82) is 0 Å². The third-order valence-electron chi connectivity index (χ3n) is 2.50. The molecule has 1 saturated heterocycles. The van der Waals surface area contributed by atoms with Crippen LogP contribution in [0.3, 0.4) is 0 Å². The average molecular weight is 202 g/mol. The maximum absolute atomic E-state index is 11.5. The lowest BCUT2D eigenvalue weighted by atomic mass is 10.2. The lowest BCUT2D eigenvalue weighted by Gasteiger charge is -2.25. The zero-order chi connectivity index (χ0) is 10.6. The van der Waals surface area contributed by atoms with Crippen LogP contribution in [0.1, 0.15) is 13.3 Å². The second-order valence-electron chi connectivity index (χ2n) is 3.65. The topological polar surface area (TPSA) is 61.8 Å². The first-order chi connectivity index (χ1) is 6.65. The van der Waals surface area contributed by atoms with Gasteiger partial charge in [-0.05, 0) is 13.3 Å². The zero-order valence-electron chi connectivity index (χ0n) is 8.69. The minimum Gasteiger partial charge on any atom is -0.394 e. The lowest BCUT2D eigenvalue weighted by Crippen LogP contribution is -2.47. The molecule has 1 aliphatic rings. The van der Waals surface area contributed by atoms with Gasteiger partial charge >= 0.3 is 6.03 Å². The van der Waals surface area contributed by atoms with Crippen LogP contribution in [0, 0.1) is 0 Å². The molecule has 5 heteroatoms. The van der Waals surface area contributed by atoms with Gasteiger partial charge in [0.05, 0.1) is 25.3 Å². The van der Waals surface area contributed by atoms with Crippen molar-refractivity contribution in [2.24, 2.45) is 0 Å². The number of aliphatic hydroxyl groups is 1. The smallest absolute Gasteiger partial charge is 0.317 e. The number of carbonyl (C=O) groups is 1. The van der Waals surface area contributed by atoms with E-state index in [0.29, 0.717) is 13.2 Å². The van der Waals surface area contributed by atoms with Crippen molar-refractivity contribution < 1.29 is 14.6 Å². The minimum atomic E-state index is -0.155. The molecule has 0 bridgehead atoms. The highest BCUT2D eigenvalue weighted by atomic mass is 16.5. The average Bonchev–Trinajstić information content (AvgIpc) is 2.68. The molecule has 1 aliphatic heterocycles. The van der Waals surface area contributed by atoms with Crippen molar-refractivity contribution in [1.82, 2.24) is 10.2 Å². The van der Waals surface area contributed by atoms with Crippen LogP contribution in [0.15, 0.2) is 0 Å². The summed E-state index contributed by atoms with van der Waals surface area (Å²) in [4.78, 5) is 13.0. The van der Waals surface area contributed by atoms with Crippen molar-refractivity contribution in [2.75, 3.05) is 26.9 Å². The standard InChI is InChI=1S/C9H18N2O3/c1-7(5-12)11(2)9(13)10-8-3-4-14-6-8/h7-8,12H,3-6H2,1-2H3,(H,10,13). The number of hydrogen-bond donors (Lipinski definition) is 2. The van der Waals surface area contributed by atoms with Crippen LogP contribution in [0.2, 0.25) is 0 Å². The van der Waals surface area contributed by atoms with Gasteiger partial charge in [0.25, 0.3) is 0 Å². The molecule has 2 unspecified atom stereocenters. The van der Waals surface area contributed by atoms with Gasteiger partial charge < -0.3 is 20.1 Å². The number of ether oxygens (including phenoxy) is 1. The first-order valence-electron chi connectivity index (χ1n) is 4.87. The van der Waals surface area contributed by atoms with Crippen molar-refractivity contribution in [3.05, 3.63) is 0 Å². The Bertz CT molecular complexity index is 192. The summed E-state index contributed by atoms with van der Waals surface area (Å²) in [7, 11) is 1.67. The Kier molecular flexibility index (Phi) is 4.16. The number of rotatable bonds is 3. The van der Waals surface area contributed by atoms with Crippen LogP contribution >= 0.6 is 0 Å². The molecule has 2 N–H and O–H groups in total. The van der Waals surface area contributed by atoms with Crippen LogP contribution in [-0.2, 0) is 4.74 Å². The molecular weight excluding hydrogens is 184 g/mol. The second-order valence-corrected chi connectivity index (χ2v) is 3.65. The van der Waals surface area contributed by atoms with Gasteiger partial charge in [0.1, 0.15) is 0 Å². The van der Waals surface area contributed by atoms with Gasteiger partial charge in [-0.3, -0.25) is 0 Å². The summed E-state index contributed by atoms with van der Waals surface area (Å²) in [6.07, 6.45) is 0.868. The quantitative estimate of drug-likeness (QED) is 0.666. The summed E-state index contributed by atoms with van der Waals surface area (Å²) < 4.78 is 5.14. The summed E-state index contributed by atoms with van der Waals surface area (Å²) >= 11 is 0. The fourth-order valence-electron chi connectivity index (χ4n) is 1.25. The number of nitrogens with one attached hydrogen (secondary N) is 1. The van der Waals surface area contributed by atoms with Crippen LogP contribution in [-0.4, -0.2) is 55.0 Å². The first kappa shape index (κ1) is 11.3. The molecule has 0 aromatic rings. The monoisotopic (exact) mass is 202 g/mol. The van der Waals surface area contributed by atoms with Gasteiger partial charge in [0.15, 0.2) is 0 Å². The van der Waals surface area contributed by atoms with Crippen molar-refractivity contribution in [2.45, 2.75) is 25.4 Å². The van der Waals surface area contributed by atoms with Gasteiger partial charge in [-0.15, -0.1) is 0 Å². The zero-order valence-corrected chi connectivity index (χ0v) is 8.69. The van der Waals surface area contributed by atoms with E-state index in [2.05, 4.69) is 5.32 Å². The summed E-state index contributed by atoms with van der Waals surface area (Å²) in [6.45, 7) is 3.08. The molecule has 0 aromatic carbocycles. The second kappa shape index (κ2) is 5.17. The van der Waals surface area contributed by atoms with Crippen LogP contribution in [0.5, 0.6) is 0 Å². The van der Waals surface area contributed by atoms with Gasteiger partial charge in [-0.2, -0.15) is 0 Å². The third kappa shape index (κ3) is 2.85. The van der Waals surface area contributed by atoms with Crippen LogP contribution in [0.4, 0.5) is 4.79 Å². The molecule has 5 nitrogen and oxygen atoms in total. The predicted octanol–water partition coefficient (Wildman–Crippen LogP) is -0.203. The fraction of sp³-hybridized carbons (Fsp3) is 0.889. The summed E-state index contributed by atoms with van der Waals surface area (Å²) in [6, 6.07) is -0.185. The maximum Gasteiger partial charge on any atom is 0.317 e. The van der Waals surface area contributed by atoms with E-state index in [1.165, 1.54) is 4.90 Å². The van der Waals surface area contributed by atoms with Gasteiger partial charge in [0.2, 0.25) is 0 Å². The van der Waals surface area contributed by atoms with Crippen LogP contribution < -0.4 is 5.32 Å². The van der Waals surface area contributed by atoms with Crippen molar-refractivity contribution >= 4 is 6.03 Å². The number of amides is 2. The molecule has 0 aliphatic carbocycles. The molecule has 0 spiro atoms. The highest BCUT2D eigenvalue weighted by Gasteiger charge is 2.21. The molecule has 14 heavy (non-hydrogen) atoms. The van der Waals surface area contributed by atoms with E-state index in [-0.39, 0.29) is 24.7 Å². The summed E-state index contributed by atoms with van der Waals surface area (Å²) in [5, 5.41) is 11.7. The van der Waals surface area contributed by atoms with Gasteiger partial charge in [-0.1, -0.05) is 0 Å². The molecule has 2 atom stereocenters. The number of likely N-dealkylation sites (N-methyl/N-ethyl adjacent to an activating group) is 1. The van der Waals surface area contributed by atoms with E-state index in [1.807, 2.05) is 0 Å². The Morgan fingerprint density at radius 2 is 2.50 bits per heavy atom. The summed E-state index contributed by atoms with van der Waals surface area (Å²) in [5.74, 6) is 0. The Balaban J connectivity index is 2.32.